The van der Waals surface area contributed by atoms with Gasteiger partial charge in [-0.3, -0.25) is 0 Å². The van der Waals surface area contributed by atoms with Crippen LogP contribution < -0.4 is 9.47 Å². The van der Waals surface area contributed by atoms with Gasteiger partial charge in [0.2, 0.25) is 0 Å². The van der Waals surface area contributed by atoms with E-state index in [-0.39, 0.29) is 0 Å². The van der Waals surface area contributed by atoms with Crippen LogP contribution in [0.5, 0.6) is 11.5 Å². The average molecular weight is 411 g/mol. The van der Waals surface area contributed by atoms with Crippen molar-refractivity contribution in [2.24, 2.45) is 0 Å². The van der Waals surface area contributed by atoms with Crippen molar-refractivity contribution in [1.82, 2.24) is 24.4 Å². The quantitative estimate of drug-likeness (QED) is 0.424. The number of methoxy groups -OCH3 is 2. The minimum Gasteiger partial charge on any atom is -0.493 e. The summed E-state index contributed by atoms with van der Waals surface area (Å²) in [6.45, 7) is 2.00. The van der Waals surface area contributed by atoms with Gasteiger partial charge in [0.25, 0.3) is 0 Å². The molecule has 0 atom stereocenters. The lowest BCUT2D eigenvalue weighted by Gasteiger charge is -2.10. The Balaban J connectivity index is 1.59. The van der Waals surface area contributed by atoms with Gasteiger partial charge in [-0.2, -0.15) is 10.2 Å². The summed E-state index contributed by atoms with van der Waals surface area (Å²) < 4.78 is 14.5. The first kappa shape index (κ1) is 18.9. The van der Waals surface area contributed by atoms with Gasteiger partial charge in [0.05, 0.1) is 37.0 Å². The number of ether oxygens (including phenoxy) is 2. The highest BCUT2D eigenvalue weighted by molar-refractivity contribution is 5.70. The molecular weight excluding hydrogens is 390 g/mol. The number of nitrogens with zero attached hydrogens (tertiary/aromatic N) is 5. The summed E-state index contributed by atoms with van der Waals surface area (Å²) >= 11 is 0. The van der Waals surface area contributed by atoms with E-state index in [9.17, 15) is 0 Å². The number of hydrogen-bond donors (Lipinski definition) is 0. The molecule has 2 aromatic carbocycles. The maximum absolute atomic E-state index is 5.45. The van der Waals surface area contributed by atoms with E-state index in [2.05, 4.69) is 17.2 Å². The van der Waals surface area contributed by atoms with Gasteiger partial charge in [0.15, 0.2) is 17.1 Å². The van der Waals surface area contributed by atoms with E-state index >= 15 is 0 Å². The van der Waals surface area contributed by atoms with E-state index in [0.717, 1.165) is 39.5 Å². The van der Waals surface area contributed by atoms with Crippen molar-refractivity contribution in [2.75, 3.05) is 14.2 Å². The normalized spacial score (nSPS) is 11.1. The molecule has 3 heterocycles. The summed E-state index contributed by atoms with van der Waals surface area (Å²) in [5, 5.41) is 9.17. The van der Waals surface area contributed by atoms with E-state index in [1.165, 1.54) is 0 Å². The van der Waals surface area contributed by atoms with Gasteiger partial charge >= 0.3 is 0 Å². The van der Waals surface area contributed by atoms with Crippen molar-refractivity contribution >= 4 is 5.65 Å². The fraction of sp³-hybridized carbons (Fsp3) is 0.125. The van der Waals surface area contributed by atoms with Crippen LogP contribution in [-0.2, 0) is 0 Å². The number of aryl methyl sites for hydroxylation is 1. The van der Waals surface area contributed by atoms with Crippen LogP contribution in [-0.4, -0.2) is 38.6 Å². The van der Waals surface area contributed by atoms with Crippen LogP contribution in [0.15, 0.2) is 73.1 Å². The molecule has 0 aliphatic rings. The monoisotopic (exact) mass is 411 g/mol. The Labute approximate surface area is 179 Å². The summed E-state index contributed by atoms with van der Waals surface area (Å²) in [6, 6.07) is 19.8. The lowest BCUT2D eigenvalue weighted by atomic mass is 10.1. The number of aromatic nitrogens is 5. The first-order chi connectivity index (χ1) is 15.2. The Hall–Kier alpha value is -4.13. The third-order valence-corrected chi connectivity index (χ3v) is 5.24. The van der Waals surface area contributed by atoms with Crippen molar-refractivity contribution in [2.45, 2.75) is 6.92 Å². The van der Waals surface area contributed by atoms with Crippen LogP contribution in [0.2, 0.25) is 0 Å². The molecule has 31 heavy (non-hydrogen) atoms. The first-order valence-electron chi connectivity index (χ1n) is 9.87. The number of rotatable bonds is 5. The molecule has 7 heteroatoms. The predicted octanol–water partition coefficient (Wildman–Crippen LogP) is 4.57. The molecule has 0 saturated carbocycles. The fourth-order valence-corrected chi connectivity index (χ4v) is 3.72. The minimum atomic E-state index is 0.665. The molecule has 5 rings (SSSR count). The van der Waals surface area contributed by atoms with E-state index < -0.39 is 0 Å². The van der Waals surface area contributed by atoms with Crippen LogP contribution in [0.1, 0.15) is 5.69 Å². The molecule has 154 valence electrons. The summed E-state index contributed by atoms with van der Waals surface area (Å²) in [6.07, 6.45) is 3.69. The third kappa shape index (κ3) is 3.30. The molecule has 0 amide bonds. The molecule has 0 saturated heterocycles. The molecular formula is C24H21N5O2. The zero-order valence-corrected chi connectivity index (χ0v) is 17.5. The Kier molecular flexibility index (Phi) is 4.63. The molecule has 3 aromatic heterocycles. The maximum Gasteiger partial charge on any atom is 0.161 e. The average Bonchev–Trinajstić information content (AvgIpc) is 3.45. The molecule has 0 spiro atoms. The molecule has 0 radical (unpaired) electrons. The molecule has 5 aromatic rings. The Morgan fingerprint density at radius 1 is 0.839 bits per heavy atom. The summed E-state index contributed by atoms with van der Waals surface area (Å²) in [5.74, 6) is 1.35. The van der Waals surface area contributed by atoms with Crippen molar-refractivity contribution in [3.8, 4) is 39.7 Å². The van der Waals surface area contributed by atoms with Gasteiger partial charge < -0.3 is 9.47 Å². The zero-order valence-electron chi connectivity index (χ0n) is 17.5. The lowest BCUT2D eigenvalue weighted by Crippen LogP contribution is -1.98. The van der Waals surface area contributed by atoms with Gasteiger partial charge in [-0.15, -0.1) is 0 Å². The van der Waals surface area contributed by atoms with Gasteiger partial charge in [-0.25, -0.2) is 14.2 Å². The van der Waals surface area contributed by atoms with Gasteiger partial charge in [-0.1, -0.05) is 12.1 Å². The molecule has 0 unspecified atom stereocenters. The van der Waals surface area contributed by atoms with Crippen molar-refractivity contribution in [3.63, 3.8) is 0 Å². The molecule has 0 N–H and O–H groups in total. The van der Waals surface area contributed by atoms with E-state index in [1.807, 2.05) is 70.8 Å². The molecule has 0 aliphatic heterocycles. The van der Waals surface area contributed by atoms with Crippen molar-refractivity contribution in [3.05, 3.63) is 78.8 Å². The summed E-state index contributed by atoms with van der Waals surface area (Å²) in [5.41, 5.74) is 6.48. The second kappa shape index (κ2) is 7.60. The highest BCUT2D eigenvalue weighted by Crippen LogP contribution is 2.32. The van der Waals surface area contributed by atoms with Gasteiger partial charge in [0.1, 0.15) is 0 Å². The zero-order chi connectivity index (χ0) is 21.4. The van der Waals surface area contributed by atoms with Crippen LogP contribution in [0, 0.1) is 6.92 Å². The second-order valence-corrected chi connectivity index (χ2v) is 7.10. The second-order valence-electron chi connectivity index (χ2n) is 7.10. The van der Waals surface area contributed by atoms with Crippen LogP contribution in [0.4, 0.5) is 0 Å². The summed E-state index contributed by atoms with van der Waals surface area (Å²) in [7, 11) is 3.25. The molecule has 0 fully saturated rings. The van der Waals surface area contributed by atoms with E-state index in [0.29, 0.717) is 11.5 Å². The van der Waals surface area contributed by atoms with Crippen molar-refractivity contribution < 1.29 is 9.47 Å². The number of hydrogen-bond acceptors (Lipinski definition) is 5. The van der Waals surface area contributed by atoms with E-state index in [1.54, 1.807) is 20.4 Å². The van der Waals surface area contributed by atoms with Crippen LogP contribution in [0.3, 0.4) is 0 Å². The van der Waals surface area contributed by atoms with E-state index in [4.69, 9.17) is 19.6 Å². The number of imidazole rings is 1. The number of fused-ring (bicyclic) bond motifs is 1. The smallest absolute Gasteiger partial charge is 0.161 e. The SMILES string of the molecule is COc1ccc(-c2ccc3nc(C)c(-c4ccc(-n5cccn5)cc4)n3n2)cc1OC. The maximum atomic E-state index is 5.45. The summed E-state index contributed by atoms with van der Waals surface area (Å²) in [4.78, 5) is 4.70. The van der Waals surface area contributed by atoms with Crippen molar-refractivity contribution in [1.29, 1.82) is 0 Å². The third-order valence-electron chi connectivity index (χ3n) is 5.24. The van der Waals surface area contributed by atoms with Crippen LogP contribution in [0.25, 0.3) is 33.8 Å². The largest absolute Gasteiger partial charge is 0.493 e. The van der Waals surface area contributed by atoms with Gasteiger partial charge in [0, 0.05) is 23.5 Å². The predicted molar refractivity (Wildman–Crippen MR) is 119 cm³/mol. The van der Waals surface area contributed by atoms with Gasteiger partial charge in [-0.05, 0) is 55.5 Å². The number of benzene rings is 2. The molecule has 7 nitrogen and oxygen atoms in total. The first-order valence-corrected chi connectivity index (χ1v) is 9.87. The van der Waals surface area contributed by atoms with Crippen LogP contribution >= 0.6 is 0 Å². The Bertz CT molecular complexity index is 1360. The minimum absolute atomic E-state index is 0.665. The molecule has 0 bridgehead atoms. The highest BCUT2D eigenvalue weighted by Gasteiger charge is 2.14. The lowest BCUT2D eigenvalue weighted by molar-refractivity contribution is 0.355. The topological polar surface area (TPSA) is 66.5 Å². The molecule has 0 aliphatic carbocycles. The fourth-order valence-electron chi connectivity index (χ4n) is 3.72. The Morgan fingerprint density at radius 2 is 1.61 bits per heavy atom. The Morgan fingerprint density at radius 3 is 2.32 bits per heavy atom. The highest BCUT2D eigenvalue weighted by atomic mass is 16.5. The standard InChI is InChI=1S/C24H21N5O2/c1-16-24(17-5-8-19(9-6-17)28-14-4-13-25-28)29-23(26-16)12-10-20(27-29)18-7-11-21(30-2)22(15-18)31-3/h4-15H,1-3H3.